The molecule has 100 valence electrons. The highest BCUT2D eigenvalue weighted by Crippen LogP contribution is 2.35. The molecule has 19 heavy (non-hydrogen) atoms. The van der Waals surface area contributed by atoms with Gasteiger partial charge in [-0.05, 0) is 25.1 Å². The van der Waals surface area contributed by atoms with Gasteiger partial charge in [0.05, 0.1) is 5.02 Å². The minimum absolute atomic E-state index is 0.176. The Morgan fingerprint density at radius 3 is 2.79 bits per heavy atom. The van der Waals surface area contributed by atoms with E-state index in [0.29, 0.717) is 10.1 Å². The molecule has 1 amide bonds. The zero-order chi connectivity index (χ0) is 14.2. The van der Waals surface area contributed by atoms with Gasteiger partial charge in [-0.2, -0.15) is 0 Å². The van der Waals surface area contributed by atoms with E-state index < -0.39 is 23.7 Å². The van der Waals surface area contributed by atoms with Crippen molar-refractivity contribution in [3.63, 3.8) is 0 Å². The number of carboxylic acids is 1. The number of aliphatic carboxylic acids is 1. The van der Waals surface area contributed by atoms with Crippen molar-refractivity contribution in [2.75, 3.05) is 0 Å². The van der Waals surface area contributed by atoms with E-state index in [-0.39, 0.29) is 9.90 Å². The van der Waals surface area contributed by atoms with Crippen molar-refractivity contribution in [1.29, 1.82) is 0 Å². The Morgan fingerprint density at radius 2 is 2.16 bits per heavy atom. The second kappa shape index (κ2) is 5.14. The Kier molecular flexibility index (Phi) is 3.73. The zero-order valence-corrected chi connectivity index (χ0v) is 11.3. The van der Waals surface area contributed by atoms with E-state index in [4.69, 9.17) is 16.7 Å². The highest BCUT2D eigenvalue weighted by molar-refractivity contribution is 7.21. The molecule has 7 heteroatoms. The molecule has 0 saturated carbocycles. The van der Waals surface area contributed by atoms with Crippen LogP contribution >= 0.6 is 22.9 Å². The molecule has 1 aromatic carbocycles. The summed E-state index contributed by atoms with van der Waals surface area (Å²) >= 11 is 7.07. The Balaban J connectivity index is 2.37. The Bertz CT molecular complexity index is 670. The molecule has 2 aromatic rings. The molecule has 1 aromatic heterocycles. The summed E-state index contributed by atoms with van der Waals surface area (Å²) in [7, 11) is 0. The average Bonchev–Trinajstić information content (AvgIpc) is 2.66. The van der Waals surface area contributed by atoms with Gasteiger partial charge in [0.25, 0.3) is 5.91 Å². The zero-order valence-electron chi connectivity index (χ0n) is 9.74. The molecule has 2 rings (SSSR count). The van der Waals surface area contributed by atoms with Crippen LogP contribution in [0.5, 0.6) is 0 Å². The standard InChI is InChI=1S/C12H9ClFNO3S/c1-5(12(17)18)15-11(16)10-9(13)7-3-2-6(14)4-8(7)19-10/h2-5H,1H3,(H,15,16)(H,17,18). The number of amides is 1. The number of nitrogens with one attached hydrogen (secondary N) is 1. The Hall–Kier alpha value is -1.66. The van der Waals surface area contributed by atoms with Crippen molar-refractivity contribution in [3.05, 3.63) is 33.9 Å². The van der Waals surface area contributed by atoms with Gasteiger partial charge in [0, 0.05) is 10.1 Å². The normalized spacial score (nSPS) is 12.4. The summed E-state index contributed by atoms with van der Waals surface area (Å²) in [6, 6.07) is 3.00. The first-order valence-electron chi connectivity index (χ1n) is 5.31. The molecule has 0 fully saturated rings. The largest absolute Gasteiger partial charge is 0.480 e. The van der Waals surface area contributed by atoms with Crippen LogP contribution in [0.1, 0.15) is 16.6 Å². The molecule has 0 bridgehead atoms. The van der Waals surface area contributed by atoms with E-state index in [1.807, 2.05) is 0 Å². The van der Waals surface area contributed by atoms with Crippen LogP contribution in [-0.4, -0.2) is 23.0 Å². The van der Waals surface area contributed by atoms with Crippen molar-refractivity contribution in [1.82, 2.24) is 5.32 Å². The molecule has 4 nitrogen and oxygen atoms in total. The average molecular weight is 302 g/mol. The summed E-state index contributed by atoms with van der Waals surface area (Å²) < 4.78 is 13.6. The van der Waals surface area contributed by atoms with Gasteiger partial charge in [0.2, 0.25) is 0 Å². The van der Waals surface area contributed by atoms with Crippen LogP contribution in [0.15, 0.2) is 18.2 Å². The predicted molar refractivity (Wildman–Crippen MR) is 71.4 cm³/mol. The lowest BCUT2D eigenvalue weighted by Gasteiger charge is -2.07. The molecule has 1 heterocycles. The third kappa shape index (κ3) is 2.69. The first-order chi connectivity index (χ1) is 8.90. The number of rotatable bonds is 3. The lowest BCUT2D eigenvalue weighted by atomic mass is 10.2. The second-order valence-corrected chi connectivity index (χ2v) is 5.35. The van der Waals surface area contributed by atoms with Gasteiger partial charge < -0.3 is 10.4 Å². The number of halogens is 2. The molecule has 0 aliphatic carbocycles. The van der Waals surface area contributed by atoms with Crippen LogP contribution in [0.3, 0.4) is 0 Å². The van der Waals surface area contributed by atoms with E-state index >= 15 is 0 Å². The molecule has 2 N–H and O–H groups in total. The summed E-state index contributed by atoms with van der Waals surface area (Å²) in [5, 5.41) is 11.8. The van der Waals surface area contributed by atoms with Crippen LogP contribution < -0.4 is 5.32 Å². The molecule has 0 aliphatic heterocycles. The topological polar surface area (TPSA) is 66.4 Å². The number of fused-ring (bicyclic) bond motifs is 1. The van der Waals surface area contributed by atoms with E-state index in [1.165, 1.54) is 25.1 Å². The molecule has 1 atom stereocenters. The summed E-state index contributed by atoms with van der Waals surface area (Å²) in [5.41, 5.74) is 0. The molecule has 0 saturated heterocycles. The monoisotopic (exact) mass is 301 g/mol. The van der Waals surface area contributed by atoms with E-state index in [0.717, 1.165) is 11.3 Å². The first kappa shape index (κ1) is 13.8. The summed E-state index contributed by atoms with van der Waals surface area (Å²) in [6.07, 6.45) is 0. The van der Waals surface area contributed by atoms with Gasteiger partial charge in [-0.15, -0.1) is 11.3 Å². The maximum atomic E-state index is 13.1. The highest BCUT2D eigenvalue weighted by atomic mass is 35.5. The van der Waals surface area contributed by atoms with Crippen molar-refractivity contribution >= 4 is 44.9 Å². The predicted octanol–water partition coefficient (Wildman–Crippen LogP) is 2.90. The maximum Gasteiger partial charge on any atom is 0.325 e. The SMILES string of the molecule is CC(NC(=O)c1sc2cc(F)ccc2c1Cl)C(=O)O. The molecular formula is C12H9ClFNO3S. The van der Waals surface area contributed by atoms with Crippen LogP contribution in [0.2, 0.25) is 5.02 Å². The Labute approximate surface area is 116 Å². The van der Waals surface area contributed by atoms with Gasteiger partial charge in [-0.25, -0.2) is 4.39 Å². The lowest BCUT2D eigenvalue weighted by Crippen LogP contribution is -2.38. The quantitative estimate of drug-likeness (QED) is 0.916. The number of hydrogen-bond acceptors (Lipinski definition) is 3. The van der Waals surface area contributed by atoms with Crippen molar-refractivity contribution in [2.24, 2.45) is 0 Å². The van der Waals surface area contributed by atoms with Gasteiger partial charge in [0.15, 0.2) is 0 Å². The maximum absolute atomic E-state index is 13.1. The van der Waals surface area contributed by atoms with Gasteiger partial charge in [-0.3, -0.25) is 9.59 Å². The molecule has 1 unspecified atom stereocenters. The van der Waals surface area contributed by atoms with E-state index in [2.05, 4.69) is 5.32 Å². The number of carbonyl (C=O) groups excluding carboxylic acids is 1. The van der Waals surface area contributed by atoms with Gasteiger partial charge >= 0.3 is 5.97 Å². The fraction of sp³-hybridized carbons (Fsp3) is 0.167. The number of thiophene rings is 1. The summed E-state index contributed by atoms with van der Waals surface area (Å²) in [5.74, 6) is -2.14. The second-order valence-electron chi connectivity index (χ2n) is 3.92. The van der Waals surface area contributed by atoms with Crippen molar-refractivity contribution < 1.29 is 19.1 Å². The first-order valence-corrected chi connectivity index (χ1v) is 6.51. The smallest absolute Gasteiger partial charge is 0.325 e. The fourth-order valence-electron chi connectivity index (χ4n) is 1.51. The summed E-state index contributed by atoms with van der Waals surface area (Å²) in [4.78, 5) is 22.7. The third-order valence-corrected chi connectivity index (χ3v) is 4.17. The number of carboxylic acid groups (broad SMARTS) is 1. The molecule has 0 radical (unpaired) electrons. The number of carbonyl (C=O) groups is 2. The minimum Gasteiger partial charge on any atom is -0.480 e. The lowest BCUT2D eigenvalue weighted by molar-refractivity contribution is -0.138. The fourth-order valence-corrected chi connectivity index (χ4v) is 2.95. The highest BCUT2D eigenvalue weighted by Gasteiger charge is 2.21. The van der Waals surface area contributed by atoms with E-state index in [1.54, 1.807) is 0 Å². The minimum atomic E-state index is -1.14. The number of hydrogen-bond donors (Lipinski definition) is 2. The van der Waals surface area contributed by atoms with Crippen LogP contribution in [0.25, 0.3) is 10.1 Å². The van der Waals surface area contributed by atoms with Crippen LogP contribution in [-0.2, 0) is 4.79 Å². The van der Waals surface area contributed by atoms with Crippen molar-refractivity contribution in [2.45, 2.75) is 13.0 Å². The van der Waals surface area contributed by atoms with Gasteiger partial charge in [-0.1, -0.05) is 11.6 Å². The van der Waals surface area contributed by atoms with E-state index in [9.17, 15) is 14.0 Å². The Morgan fingerprint density at radius 1 is 1.47 bits per heavy atom. The molecular weight excluding hydrogens is 293 g/mol. The third-order valence-electron chi connectivity index (χ3n) is 2.52. The molecule has 0 aliphatic rings. The van der Waals surface area contributed by atoms with Crippen LogP contribution in [0.4, 0.5) is 4.39 Å². The van der Waals surface area contributed by atoms with Crippen LogP contribution in [0, 0.1) is 5.82 Å². The van der Waals surface area contributed by atoms with Crippen molar-refractivity contribution in [3.8, 4) is 0 Å². The van der Waals surface area contributed by atoms with Gasteiger partial charge in [0.1, 0.15) is 16.7 Å². The summed E-state index contributed by atoms with van der Waals surface area (Å²) in [6.45, 7) is 1.35. The molecule has 0 spiro atoms. The number of benzene rings is 1.